The molecular formula is C16H23N3O2. The van der Waals surface area contributed by atoms with Crippen LogP contribution in [0.2, 0.25) is 0 Å². The number of rotatable bonds is 4. The summed E-state index contributed by atoms with van der Waals surface area (Å²) in [5, 5.41) is 5.77. The Morgan fingerprint density at radius 2 is 1.86 bits per heavy atom. The van der Waals surface area contributed by atoms with Crippen molar-refractivity contribution in [1.82, 2.24) is 15.5 Å². The molecule has 21 heavy (non-hydrogen) atoms. The summed E-state index contributed by atoms with van der Waals surface area (Å²) in [7, 11) is 0. The van der Waals surface area contributed by atoms with E-state index < -0.39 is 0 Å². The summed E-state index contributed by atoms with van der Waals surface area (Å²) >= 11 is 0. The summed E-state index contributed by atoms with van der Waals surface area (Å²) < 4.78 is 0. The van der Waals surface area contributed by atoms with Gasteiger partial charge in [0.25, 0.3) is 5.91 Å². The number of carbonyl (C=O) groups is 2. The summed E-state index contributed by atoms with van der Waals surface area (Å²) in [6.07, 6.45) is 2.54. The summed E-state index contributed by atoms with van der Waals surface area (Å²) in [6.45, 7) is 4.09. The van der Waals surface area contributed by atoms with Gasteiger partial charge in [-0.25, -0.2) is 4.79 Å². The minimum absolute atomic E-state index is 0.0736. The second-order valence-corrected chi connectivity index (χ2v) is 5.33. The third kappa shape index (κ3) is 4.48. The summed E-state index contributed by atoms with van der Waals surface area (Å²) in [5.41, 5.74) is 0.726. The van der Waals surface area contributed by atoms with Crippen LogP contribution >= 0.6 is 0 Å². The van der Waals surface area contributed by atoms with Crippen molar-refractivity contribution in [3.63, 3.8) is 0 Å². The Balaban J connectivity index is 1.78. The molecule has 1 aliphatic rings. The molecule has 0 aromatic heterocycles. The molecule has 0 unspecified atom stereocenters. The van der Waals surface area contributed by atoms with E-state index in [4.69, 9.17) is 0 Å². The molecule has 0 atom stereocenters. The lowest BCUT2D eigenvalue weighted by Gasteiger charge is -2.32. The predicted octanol–water partition coefficient (Wildman–Crippen LogP) is 2.00. The van der Waals surface area contributed by atoms with Crippen LogP contribution in [0.1, 0.15) is 36.5 Å². The SMILES string of the molecule is CCCNC(=O)NC1CCN(C(=O)c2ccccc2)CC1. The molecule has 2 N–H and O–H groups in total. The number of urea groups is 1. The molecule has 3 amide bonds. The standard InChI is InChI=1S/C16H23N3O2/c1-2-10-17-16(21)18-14-8-11-19(12-9-14)15(20)13-6-4-3-5-7-13/h3-7,14H,2,8-12H2,1H3,(H2,17,18,21). The first kappa shape index (κ1) is 15.4. The zero-order chi connectivity index (χ0) is 15.1. The molecule has 0 radical (unpaired) electrons. The second-order valence-electron chi connectivity index (χ2n) is 5.33. The second kappa shape index (κ2) is 7.67. The molecule has 1 aromatic rings. The third-order valence-corrected chi connectivity index (χ3v) is 3.67. The van der Waals surface area contributed by atoms with Gasteiger partial charge >= 0.3 is 6.03 Å². The van der Waals surface area contributed by atoms with Crippen LogP contribution in [0.5, 0.6) is 0 Å². The predicted molar refractivity (Wildman–Crippen MR) is 82.2 cm³/mol. The molecule has 1 aromatic carbocycles. The van der Waals surface area contributed by atoms with E-state index in [0.29, 0.717) is 19.6 Å². The molecule has 1 saturated heterocycles. The van der Waals surface area contributed by atoms with Crippen LogP contribution in [0.4, 0.5) is 4.79 Å². The highest BCUT2D eigenvalue weighted by Crippen LogP contribution is 2.13. The van der Waals surface area contributed by atoms with E-state index in [1.54, 1.807) is 0 Å². The fourth-order valence-corrected chi connectivity index (χ4v) is 2.47. The maximum atomic E-state index is 12.3. The Kier molecular flexibility index (Phi) is 5.60. The van der Waals surface area contributed by atoms with Crippen molar-refractivity contribution in [2.24, 2.45) is 0 Å². The average molecular weight is 289 g/mol. The van der Waals surface area contributed by atoms with Gasteiger partial charge in [0, 0.05) is 31.2 Å². The number of benzene rings is 1. The topological polar surface area (TPSA) is 61.4 Å². The molecule has 2 rings (SSSR count). The van der Waals surface area contributed by atoms with Crippen molar-refractivity contribution in [2.45, 2.75) is 32.2 Å². The summed E-state index contributed by atoms with van der Waals surface area (Å²) in [4.78, 5) is 25.8. The molecule has 0 aliphatic carbocycles. The minimum atomic E-state index is -0.107. The molecule has 1 aliphatic heterocycles. The quantitative estimate of drug-likeness (QED) is 0.890. The lowest BCUT2D eigenvalue weighted by Crippen LogP contribution is -2.49. The van der Waals surface area contributed by atoms with Crippen LogP contribution in [-0.2, 0) is 0 Å². The molecular weight excluding hydrogens is 266 g/mol. The van der Waals surface area contributed by atoms with E-state index in [1.165, 1.54) is 0 Å². The smallest absolute Gasteiger partial charge is 0.315 e. The van der Waals surface area contributed by atoms with Gasteiger partial charge in [0.15, 0.2) is 0 Å². The molecule has 5 nitrogen and oxygen atoms in total. The fraction of sp³-hybridized carbons (Fsp3) is 0.500. The van der Waals surface area contributed by atoms with E-state index in [2.05, 4.69) is 10.6 Å². The van der Waals surface area contributed by atoms with E-state index in [0.717, 1.165) is 24.8 Å². The van der Waals surface area contributed by atoms with Gasteiger partial charge in [-0.3, -0.25) is 4.79 Å². The molecule has 1 heterocycles. The largest absolute Gasteiger partial charge is 0.338 e. The van der Waals surface area contributed by atoms with Crippen molar-refractivity contribution in [3.8, 4) is 0 Å². The van der Waals surface area contributed by atoms with Crippen molar-refractivity contribution in [2.75, 3.05) is 19.6 Å². The summed E-state index contributed by atoms with van der Waals surface area (Å²) in [5.74, 6) is 0.0736. The number of hydrogen-bond acceptors (Lipinski definition) is 2. The first-order valence-electron chi connectivity index (χ1n) is 7.59. The molecule has 0 saturated carbocycles. The minimum Gasteiger partial charge on any atom is -0.338 e. The maximum absolute atomic E-state index is 12.3. The van der Waals surface area contributed by atoms with Crippen molar-refractivity contribution in [3.05, 3.63) is 35.9 Å². The highest BCUT2D eigenvalue weighted by atomic mass is 16.2. The number of piperidine rings is 1. The summed E-state index contributed by atoms with van der Waals surface area (Å²) in [6, 6.07) is 9.38. The zero-order valence-corrected chi connectivity index (χ0v) is 12.5. The van der Waals surface area contributed by atoms with Gasteiger partial charge in [-0.1, -0.05) is 25.1 Å². The van der Waals surface area contributed by atoms with Gasteiger partial charge in [0.05, 0.1) is 0 Å². The van der Waals surface area contributed by atoms with Crippen molar-refractivity contribution >= 4 is 11.9 Å². The maximum Gasteiger partial charge on any atom is 0.315 e. The first-order chi connectivity index (χ1) is 10.2. The van der Waals surface area contributed by atoms with Crippen LogP contribution in [-0.4, -0.2) is 42.5 Å². The number of carbonyl (C=O) groups excluding carboxylic acids is 2. The number of hydrogen-bond donors (Lipinski definition) is 2. The number of amides is 3. The van der Waals surface area contributed by atoms with Gasteiger partial charge < -0.3 is 15.5 Å². The lowest BCUT2D eigenvalue weighted by atomic mass is 10.0. The van der Waals surface area contributed by atoms with Crippen LogP contribution in [0, 0.1) is 0 Å². The molecule has 0 bridgehead atoms. The Morgan fingerprint density at radius 3 is 2.48 bits per heavy atom. The monoisotopic (exact) mass is 289 g/mol. The van der Waals surface area contributed by atoms with Crippen LogP contribution in [0.25, 0.3) is 0 Å². The Hall–Kier alpha value is -2.04. The average Bonchev–Trinajstić information content (AvgIpc) is 2.54. The van der Waals surface area contributed by atoms with Gasteiger partial charge in [-0.05, 0) is 31.4 Å². The van der Waals surface area contributed by atoms with E-state index in [-0.39, 0.29) is 18.0 Å². The molecule has 0 spiro atoms. The lowest BCUT2D eigenvalue weighted by molar-refractivity contribution is 0.0708. The van der Waals surface area contributed by atoms with Crippen LogP contribution in [0.3, 0.4) is 0 Å². The van der Waals surface area contributed by atoms with Crippen LogP contribution in [0.15, 0.2) is 30.3 Å². The Labute approximate surface area is 125 Å². The number of nitrogens with zero attached hydrogens (tertiary/aromatic N) is 1. The van der Waals surface area contributed by atoms with E-state index in [1.807, 2.05) is 42.2 Å². The number of likely N-dealkylation sites (tertiary alicyclic amines) is 1. The first-order valence-corrected chi connectivity index (χ1v) is 7.59. The highest BCUT2D eigenvalue weighted by molar-refractivity contribution is 5.94. The van der Waals surface area contributed by atoms with Crippen molar-refractivity contribution < 1.29 is 9.59 Å². The normalized spacial score (nSPS) is 15.6. The molecule has 1 fully saturated rings. The molecule has 114 valence electrons. The number of nitrogens with one attached hydrogen (secondary N) is 2. The van der Waals surface area contributed by atoms with Crippen molar-refractivity contribution in [1.29, 1.82) is 0 Å². The van der Waals surface area contributed by atoms with Gasteiger partial charge in [0.1, 0.15) is 0 Å². The zero-order valence-electron chi connectivity index (χ0n) is 12.5. The Bertz CT molecular complexity index is 468. The highest BCUT2D eigenvalue weighted by Gasteiger charge is 2.24. The fourth-order valence-electron chi connectivity index (χ4n) is 2.47. The third-order valence-electron chi connectivity index (χ3n) is 3.67. The van der Waals surface area contributed by atoms with E-state index >= 15 is 0 Å². The van der Waals surface area contributed by atoms with Crippen LogP contribution < -0.4 is 10.6 Å². The molecule has 5 heteroatoms. The van der Waals surface area contributed by atoms with E-state index in [9.17, 15) is 9.59 Å². The van der Waals surface area contributed by atoms with Gasteiger partial charge in [0.2, 0.25) is 0 Å². The van der Waals surface area contributed by atoms with Gasteiger partial charge in [-0.2, -0.15) is 0 Å². The van der Waals surface area contributed by atoms with Gasteiger partial charge in [-0.15, -0.1) is 0 Å². The Morgan fingerprint density at radius 1 is 1.19 bits per heavy atom.